The number of hydrogen-bond acceptors (Lipinski definition) is 7. The Morgan fingerprint density at radius 1 is 1.58 bits per heavy atom. The van der Waals surface area contributed by atoms with Gasteiger partial charge in [-0.25, -0.2) is 9.97 Å². The van der Waals surface area contributed by atoms with Gasteiger partial charge in [0.2, 0.25) is 0 Å². The van der Waals surface area contributed by atoms with E-state index in [0.29, 0.717) is 16.6 Å². The minimum absolute atomic E-state index is 0.132. The van der Waals surface area contributed by atoms with Crippen LogP contribution in [0.3, 0.4) is 0 Å². The molecule has 0 aromatic carbocycles. The lowest BCUT2D eigenvalue weighted by atomic mass is 10.4. The van der Waals surface area contributed by atoms with Crippen LogP contribution in [-0.2, 0) is 6.54 Å². The van der Waals surface area contributed by atoms with Gasteiger partial charge in [0.15, 0.2) is 5.13 Å². The van der Waals surface area contributed by atoms with Crippen molar-refractivity contribution in [1.82, 2.24) is 14.9 Å². The number of hydrogen-bond donors (Lipinski definition) is 2. The van der Waals surface area contributed by atoms with Gasteiger partial charge in [-0.2, -0.15) is 0 Å². The van der Waals surface area contributed by atoms with E-state index in [9.17, 15) is 4.79 Å². The van der Waals surface area contributed by atoms with E-state index in [0.717, 1.165) is 12.2 Å². The molecule has 0 bridgehead atoms. The topological polar surface area (TPSA) is 84.1 Å². The van der Waals surface area contributed by atoms with Gasteiger partial charge in [-0.05, 0) is 6.92 Å². The van der Waals surface area contributed by atoms with Crippen molar-refractivity contribution in [3.63, 3.8) is 0 Å². The number of nitrogen functional groups attached to an aromatic ring is 1. The van der Waals surface area contributed by atoms with Crippen LogP contribution in [0.2, 0.25) is 0 Å². The summed E-state index contributed by atoms with van der Waals surface area (Å²) in [6, 6.07) is 0. The summed E-state index contributed by atoms with van der Waals surface area (Å²) in [5, 5.41) is 5.65. The summed E-state index contributed by atoms with van der Waals surface area (Å²) >= 11 is 2.79. The zero-order chi connectivity index (χ0) is 13.8. The zero-order valence-corrected chi connectivity index (χ0v) is 12.3. The summed E-state index contributed by atoms with van der Waals surface area (Å²) in [6.45, 7) is 3.18. The quantitative estimate of drug-likeness (QED) is 0.880. The third-order valence-electron chi connectivity index (χ3n) is 2.40. The minimum atomic E-state index is -0.132. The molecule has 2 heterocycles. The monoisotopic (exact) mass is 297 g/mol. The highest BCUT2D eigenvalue weighted by Crippen LogP contribution is 2.26. The molecule has 0 saturated carbocycles. The molecule has 0 aliphatic carbocycles. The molecule has 2 aromatic rings. The second-order valence-corrected chi connectivity index (χ2v) is 5.62. The number of carbonyl (C=O) groups is 1. The van der Waals surface area contributed by atoms with Gasteiger partial charge in [-0.3, -0.25) is 4.79 Å². The number of rotatable bonds is 5. The van der Waals surface area contributed by atoms with Crippen LogP contribution in [0.4, 0.5) is 10.9 Å². The Morgan fingerprint density at radius 3 is 3.00 bits per heavy atom. The van der Waals surface area contributed by atoms with Crippen LogP contribution in [0.1, 0.15) is 22.3 Å². The van der Waals surface area contributed by atoms with Crippen molar-refractivity contribution in [2.45, 2.75) is 13.5 Å². The molecular weight excluding hydrogens is 282 g/mol. The summed E-state index contributed by atoms with van der Waals surface area (Å²) < 4.78 is 0. The summed E-state index contributed by atoms with van der Waals surface area (Å²) in [4.78, 5) is 22.6. The van der Waals surface area contributed by atoms with Crippen molar-refractivity contribution in [2.75, 3.05) is 24.6 Å². The summed E-state index contributed by atoms with van der Waals surface area (Å²) in [5.41, 5.74) is 8.40. The van der Waals surface area contributed by atoms with E-state index in [4.69, 9.17) is 5.73 Å². The van der Waals surface area contributed by atoms with Gasteiger partial charge in [-0.15, -0.1) is 11.3 Å². The van der Waals surface area contributed by atoms with Crippen LogP contribution >= 0.6 is 22.7 Å². The molecule has 0 saturated heterocycles. The van der Waals surface area contributed by atoms with Crippen LogP contribution in [0, 0.1) is 0 Å². The third kappa shape index (κ3) is 3.21. The van der Waals surface area contributed by atoms with Gasteiger partial charge in [-0.1, -0.05) is 11.3 Å². The highest BCUT2D eigenvalue weighted by atomic mass is 32.1. The van der Waals surface area contributed by atoms with Gasteiger partial charge >= 0.3 is 0 Å². The van der Waals surface area contributed by atoms with E-state index < -0.39 is 0 Å². The van der Waals surface area contributed by atoms with Crippen LogP contribution in [0.25, 0.3) is 0 Å². The average molecular weight is 297 g/mol. The molecule has 0 unspecified atom stereocenters. The number of amides is 1. The second kappa shape index (κ2) is 5.98. The lowest BCUT2D eigenvalue weighted by Crippen LogP contribution is -2.26. The summed E-state index contributed by atoms with van der Waals surface area (Å²) in [6.07, 6.45) is 0. The van der Waals surface area contributed by atoms with Crippen LogP contribution < -0.4 is 11.1 Å². The van der Waals surface area contributed by atoms with Gasteiger partial charge in [0.05, 0.1) is 17.7 Å². The molecule has 102 valence electrons. The van der Waals surface area contributed by atoms with Crippen molar-refractivity contribution in [2.24, 2.45) is 0 Å². The molecule has 2 rings (SSSR count). The van der Waals surface area contributed by atoms with E-state index in [1.807, 2.05) is 12.3 Å². The van der Waals surface area contributed by atoms with Crippen molar-refractivity contribution in [3.05, 3.63) is 21.5 Å². The fraction of sp³-hybridized carbons (Fsp3) is 0.364. The SMILES string of the molecule is CCNc1nc(N)c(C(=O)N(C)Cc2cscn2)s1. The number of nitrogens with zero attached hydrogens (tertiary/aromatic N) is 3. The number of nitrogens with one attached hydrogen (secondary N) is 1. The van der Waals surface area contributed by atoms with Gasteiger partial charge in [0.1, 0.15) is 10.7 Å². The Kier molecular flexibility index (Phi) is 4.33. The van der Waals surface area contributed by atoms with Crippen molar-refractivity contribution < 1.29 is 4.79 Å². The first-order valence-corrected chi connectivity index (χ1v) is 7.50. The lowest BCUT2D eigenvalue weighted by molar-refractivity contribution is 0.0789. The van der Waals surface area contributed by atoms with E-state index in [2.05, 4.69) is 15.3 Å². The number of carbonyl (C=O) groups excluding carboxylic acids is 1. The number of thiazole rings is 2. The fourth-order valence-corrected chi connectivity index (χ4v) is 3.01. The molecule has 3 N–H and O–H groups in total. The zero-order valence-electron chi connectivity index (χ0n) is 10.7. The fourth-order valence-electron chi connectivity index (χ4n) is 1.52. The molecule has 0 fully saturated rings. The number of aromatic nitrogens is 2. The maximum atomic E-state index is 12.3. The first kappa shape index (κ1) is 13.8. The first-order chi connectivity index (χ1) is 9.11. The van der Waals surface area contributed by atoms with E-state index in [1.54, 1.807) is 17.5 Å². The highest BCUT2D eigenvalue weighted by Gasteiger charge is 2.20. The van der Waals surface area contributed by atoms with Crippen LogP contribution in [0.5, 0.6) is 0 Å². The standard InChI is InChI=1S/C11H15N5OS2/c1-3-13-11-15-9(12)8(19-11)10(17)16(2)4-7-5-18-6-14-7/h5-6H,3-4,12H2,1-2H3,(H,13,15). The third-order valence-corrected chi connectivity index (χ3v) is 4.06. The number of anilines is 2. The molecule has 0 spiro atoms. The molecule has 2 aromatic heterocycles. The molecule has 0 radical (unpaired) electrons. The first-order valence-electron chi connectivity index (χ1n) is 5.74. The maximum Gasteiger partial charge on any atom is 0.267 e. The van der Waals surface area contributed by atoms with Gasteiger partial charge in [0.25, 0.3) is 5.91 Å². The minimum Gasteiger partial charge on any atom is -0.382 e. The molecular formula is C11H15N5OS2. The summed E-state index contributed by atoms with van der Waals surface area (Å²) in [5.74, 6) is 0.142. The average Bonchev–Trinajstić information content (AvgIpc) is 2.99. The molecule has 0 atom stereocenters. The van der Waals surface area contributed by atoms with Crippen molar-refractivity contribution in [3.8, 4) is 0 Å². The van der Waals surface area contributed by atoms with Crippen molar-refractivity contribution >= 4 is 39.5 Å². The van der Waals surface area contributed by atoms with E-state index in [-0.39, 0.29) is 11.7 Å². The Bertz CT molecular complexity index is 551. The Labute approximate surface area is 119 Å². The smallest absolute Gasteiger partial charge is 0.267 e. The molecule has 19 heavy (non-hydrogen) atoms. The largest absolute Gasteiger partial charge is 0.382 e. The molecule has 8 heteroatoms. The van der Waals surface area contributed by atoms with Gasteiger partial charge in [0, 0.05) is 19.0 Å². The Morgan fingerprint density at radius 2 is 2.37 bits per heavy atom. The van der Waals surface area contributed by atoms with Gasteiger partial charge < -0.3 is 16.0 Å². The molecule has 6 nitrogen and oxygen atoms in total. The van der Waals surface area contributed by atoms with E-state index >= 15 is 0 Å². The van der Waals surface area contributed by atoms with E-state index in [1.165, 1.54) is 22.7 Å². The highest BCUT2D eigenvalue weighted by molar-refractivity contribution is 7.18. The molecule has 0 aliphatic heterocycles. The lowest BCUT2D eigenvalue weighted by Gasteiger charge is -2.14. The Hall–Kier alpha value is -1.67. The second-order valence-electron chi connectivity index (χ2n) is 3.90. The van der Waals surface area contributed by atoms with Crippen LogP contribution in [0.15, 0.2) is 10.9 Å². The summed E-state index contributed by atoms with van der Waals surface area (Å²) in [7, 11) is 1.73. The maximum absolute atomic E-state index is 12.3. The predicted molar refractivity (Wildman–Crippen MR) is 78.6 cm³/mol. The predicted octanol–water partition coefficient (Wildman–Crippen LogP) is 1.89. The van der Waals surface area contributed by atoms with Crippen molar-refractivity contribution in [1.29, 1.82) is 0 Å². The molecule has 1 amide bonds. The number of nitrogens with two attached hydrogens (primary N) is 1. The normalized spacial score (nSPS) is 10.4. The Balaban J connectivity index is 2.10. The van der Waals surface area contributed by atoms with Crippen LogP contribution in [-0.4, -0.2) is 34.4 Å². The molecule has 0 aliphatic rings.